The summed E-state index contributed by atoms with van der Waals surface area (Å²) < 4.78 is 7.32. The van der Waals surface area contributed by atoms with E-state index >= 15 is 0 Å². The van der Waals surface area contributed by atoms with E-state index in [0.29, 0.717) is 24.9 Å². The Morgan fingerprint density at radius 3 is 2.78 bits per heavy atom. The van der Waals surface area contributed by atoms with Crippen LogP contribution in [0.5, 0.6) is 0 Å². The molecule has 3 saturated heterocycles. The molecule has 8 nitrogen and oxygen atoms in total. The summed E-state index contributed by atoms with van der Waals surface area (Å²) in [6.07, 6.45) is 9.89. The number of ether oxygens (including phenoxy) is 1. The average molecular weight is 440 g/mol. The highest BCUT2D eigenvalue weighted by Crippen LogP contribution is 2.30. The molecule has 2 aromatic heterocycles. The lowest BCUT2D eigenvalue weighted by Crippen LogP contribution is -2.49. The van der Waals surface area contributed by atoms with E-state index in [1.54, 1.807) is 11.1 Å². The van der Waals surface area contributed by atoms with Crippen molar-refractivity contribution in [2.75, 3.05) is 37.7 Å². The van der Waals surface area contributed by atoms with Crippen molar-refractivity contribution in [1.82, 2.24) is 19.8 Å². The van der Waals surface area contributed by atoms with Crippen molar-refractivity contribution in [1.29, 1.82) is 0 Å². The Balaban J connectivity index is 1.24. The first-order chi connectivity index (χ1) is 15.6. The first-order valence-electron chi connectivity index (χ1n) is 12.0. The van der Waals surface area contributed by atoms with Crippen LogP contribution in [0, 0.1) is 11.8 Å². The molecule has 5 rings (SSSR count). The smallest absolute Gasteiger partial charge is 0.328 e. The van der Waals surface area contributed by atoms with Gasteiger partial charge in [0.1, 0.15) is 0 Å². The third-order valence-electron chi connectivity index (χ3n) is 7.39. The fourth-order valence-electron chi connectivity index (χ4n) is 5.51. The summed E-state index contributed by atoms with van der Waals surface area (Å²) in [7, 11) is 0. The Kier molecular flexibility index (Phi) is 6.15. The van der Waals surface area contributed by atoms with Gasteiger partial charge in [-0.3, -0.25) is 15.0 Å². The zero-order chi connectivity index (χ0) is 22.1. The number of nitrogens with zero attached hydrogens (tertiary/aromatic N) is 4. The third-order valence-corrected chi connectivity index (χ3v) is 7.39. The van der Waals surface area contributed by atoms with Crippen LogP contribution in [0.15, 0.2) is 24.5 Å². The summed E-state index contributed by atoms with van der Waals surface area (Å²) in [6, 6.07) is 4.54. The summed E-state index contributed by atoms with van der Waals surface area (Å²) in [6.45, 7) is 6.99. The minimum Gasteiger partial charge on any atom is -0.381 e. The minimum atomic E-state index is -0.368. The highest BCUT2D eigenvalue weighted by Gasteiger charge is 2.29. The van der Waals surface area contributed by atoms with Gasteiger partial charge in [-0.1, -0.05) is 0 Å². The molecule has 5 heterocycles. The van der Waals surface area contributed by atoms with E-state index in [4.69, 9.17) is 4.74 Å². The number of pyridine rings is 1. The molecular formula is C24H33N5O3. The number of hydrogen-bond acceptors (Lipinski definition) is 5. The number of aromatic nitrogens is 2. The normalized spacial score (nSPS) is 26.0. The number of rotatable bonds is 5. The van der Waals surface area contributed by atoms with Gasteiger partial charge in [-0.25, -0.2) is 9.31 Å². The van der Waals surface area contributed by atoms with Crippen LogP contribution in [-0.2, 0) is 16.0 Å². The molecule has 0 spiro atoms. The van der Waals surface area contributed by atoms with Gasteiger partial charge in [0.2, 0.25) is 5.91 Å². The standard InChI is InChI=1S/C24H33N5O3/c1-17-12-19(2-7-27(17)16-18-5-10-32-11-6-18)13-20-3-9-29-21(14-20)22(15-25-29)28-8-4-23(30)26-24(28)31/h3,9,14-15,17-19H,2,4-8,10-13,16H2,1H3,(H,26,30,31)/t17-,19+/m1/s1. The summed E-state index contributed by atoms with van der Waals surface area (Å²) in [5.74, 6) is 1.23. The van der Waals surface area contributed by atoms with E-state index in [-0.39, 0.29) is 11.9 Å². The van der Waals surface area contributed by atoms with E-state index in [1.165, 1.54) is 44.3 Å². The van der Waals surface area contributed by atoms with Crippen molar-refractivity contribution < 1.29 is 14.3 Å². The summed E-state index contributed by atoms with van der Waals surface area (Å²) >= 11 is 0. The van der Waals surface area contributed by atoms with Gasteiger partial charge < -0.3 is 9.64 Å². The van der Waals surface area contributed by atoms with Gasteiger partial charge in [0, 0.05) is 45.0 Å². The van der Waals surface area contributed by atoms with Crippen molar-refractivity contribution >= 4 is 23.1 Å². The van der Waals surface area contributed by atoms with Crippen LogP contribution < -0.4 is 10.2 Å². The lowest BCUT2D eigenvalue weighted by Gasteiger charge is -2.40. The molecule has 0 unspecified atom stereocenters. The number of carbonyl (C=O) groups is 2. The molecule has 172 valence electrons. The predicted molar refractivity (Wildman–Crippen MR) is 122 cm³/mol. The summed E-state index contributed by atoms with van der Waals surface area (Å²) in [4.78, 5) is 28.1. The molecule has 3 aliphatic heterocycles. The number of carbonyl (C=O) groups excluding carboxylic acids is 2. The molecule has 0 aromatic carbocycles. The Bertz CT molecular complexity index is 983. The van der Waals surface area contributed by atoms with Gasteiger partial charge in [-0.15, -0.1) is 0 Å². The zero-order valence-electron chi connectivity index (χ0n) is 18.8. The number of amides is 3. The minimum absolute atomic E-state index is 0.222. The first-order valence-corrected chi connectivity index (χ1v) is 12.0. The van der Waals surface area contributed by atoms with Gasteiger partial charge in [-0.2, -0.15) is 5.10 Å². The van der Waals surface area contributed by atoms with E-state index in [9.17, 15) is 9.59 Å². The van der Waals surface area contributed by atoms with Gasteiger partial charge in [0.25, 0.3) is 0 Å². The number of urea groups is 1. The highest BCUT2D eigenvalue weighted by atomic mass is 16.5. The molecule has 3 fully saturated rings. The van der Waals surface area contributed by atoms with Crippen molar-refractivity contribution in [2.45, 2.75) is 51.5 Å². The average Bonchev–Trinajstić information content (AvgIpc) is 3.19. The number of nitrogens with one attached hydrogen (secondary N) is 1. The molecule has 8 heteroatoms. The lowest BCUT2D eigenvalue weighted by molar-refractivity contribution is -0.120. The second-order valence-electron chi connectivity index (χ2n) is 9.64. The van der Waals surface area contributed by atoms with Gasteiger partial charge in [0.05, 0.1) is 17.4 Å². The second kappa shape index (κ2) is 9.19. The Hall–Kier alpha value is -2.45. The maximum absolute atomic E-state index is 12.3. The molecular weight excluding hydrogens is 406 g/mol. The number of fused-ring (bicyclic) bond motifs is 1. The SMILES string of the molecule is C[C@@H]1C[C@@H](Cc2ccn3ncc(N4CCC(=O)NC4=O)c3c2)CCN1CC1CCOCC1. The molecule has 3 aliphatic rings. The zero-order valence-corrected chi connectivity index (χ0v) is 18.8. The van der Waals surface area contributed by atoms with Crippen LogP contribution >= 0.6 is 0 Å². The van der Waals surface area contributed by atoms with Crippen LogP contribution in [0.4, 0.5) is 10.5 Å². The van der Waals surface area contributed by atoms with Crippen LogP contribution in [-0.4, -0.2) is 65.3 Å². The fraction of sp³-hybridized carbons (Fsp3) is 0.625. The fourth-order valence-corrected chi connectivity index (χ4v) is 5.51. The summed E-state index contributed by atoms with van der Waals surface area (Å²) in [5, 5.41) is 6.81. The van der Waals surface area contributed by atoms with Crippen LogP contribution in [0.3, 0.4) is 0 Å². The molecule has 32 heavy (non-hydrogen) atoms. The van der Waals surface area contributed by atoms with E-state index in [2.05, 4.69) is 34.4 Å². The number of imide groups is 1. The van der Waals surface area contributed by atoms with E-state index in [0.717, 1.165) is 36.8 Å². The molecule has 0 radical (unpaired) electrons. The Morgan fingerprint density at radius 2 is 2.00 bits per heavy atom. The summed E-state index contributed by atoms with van der Waals surface area (Å²) in [5.41, 5.74) is 2.95. The van der Waals surface area contributed by atoms with Crippen LogP contribution in [0.2, 0.25) is 0 Å². The Morgan fingerprint density at radius 1 is 1.16 bits per heavy atom. The molecule has 2 atom stereocenters. The van der Waals surface area contributed by atoms with Crippen molar-refractivity contribution in [3.63, 3.8) is 0 Å². The van der Waals surface area contributed by atoms with Crippen molar-refractivity contribution in [3.05, 3.63) is 30.1 Å². The predicted octanol–water partition coefficient (Wildman–Crippen LogP) is 2.85. The number of likely N-dealkylation sites (tertiary alicyclic amines) is 1. The van der Waals surface area contributed by atoms with Crippen LogP contribution in [0.1, 0.15) is 44.6 Å². The molecule has 2 aromatic rings. The molecule has 1 N–H and O–H groups in total. The largest absolute Gasteiger partial charge is 0.381 e. The van der Waals surface area contributed by atoms with Gasteiger partial charge in [-0.05, 0) is 75.1 Å². The highest BCUT2D eigenvalue weighted by molar-refractivity contribution is 6.07. The second-order valence-corrected chi connectivity index (χ2v) is 9.64. The molecule has 0 saturated carbocycles. The van der Waals surface area contributed by atoms with Crippen LogP contribution in [0.25, 0.3) is 5.52 Å². The topological polar surface area (TPSA) is 79.2 Å². The first kappa shape index (κ1) is 21.4. The molecule has 0 aliphatic carbocycles. The van der Waals surface area contributed by atoms with Gasteiger partial charge >= 0.3 is 6.03 Å². The van der Waals surface area contributed by atoms with Crippen molar-refractivity contribution in [2.24, 2.45) is 11.8 Å². The molecule has 0 bridgehead atoms. The van der Waals surface area contributed by atoms with Gasteiger partial charge in [0.15, 0.2) is 0 Å². The number of piperidine rings is 1. The Labute approximate surface area is 188 Å². The third kappa shape index (κ3) is 4.52. The number of hydrogen-bond donors (Lipinski definition) is 1. The quantitative estimate of drug-likeness (QED) is 0.775. The van der Waals surface area contributed by atoms with Crippen molar-refractivity contribution in [3.8, 4) is 0 Å². The molecule has 3 amide bonds. The lowest BCUT2D eigenvalue weighted by atomic mass is 9.85. The van der Waals surface area contributed by atoms with E-state index in [1.807, 2.05) is 10.7 Å². The van der Waals surface area contributed by atoms with E-state index < -0.39 is 0 Å². The monoisotopic (exact) mass is 439 g/mol. The number of anilines is 1. The maximum Gasteiger partial charge on any atom is 0.328 e. The maximum atomic E-state index is 12.3.